The molecule has 0 radical (unpaired) electrons. The van der Waals surface area contributed by atoms with Crippen molar-refractivity contribution in [3.05, 3.63) is 41.7 Å². The lowest BCUT2D eigenvalue weighted by atomic mass is 10.0. The van der Waals surface area contributed by atoms with Gasteiger partial charge in [0.2, 0.25) is 5.91 Å². The van der Waals surface area contributed by atoms with Gasteiger partial charge in [-0.05, 0) is 24.0 Å². The smallest absolute Gasteiger partial charge is 0.220 e. The number of aromatic nitrogens is 4. The number of hydrogen-bond acceptors (Lipinski definition) is 5. The summed E-state index contributed by atoms with van der Waals surface area (Å²) in [4.78, 5) is 16.6. The molecule has 134 valence electrons. The van der Waals surface area contributed by atoms with E-state index in [1.807, 2.05) is 12.1 Å². The lowest BCUT2D eigenvalue weighted by Crippen LogP contribution is -2.34. The van der Waals surface area contributed by atoms with Gasteiger partial charge in [-0.25, -0.2) is 0 Å². The first-order chi connectivity index (χ1) is 12.1. The normalized spacial score (nSPS) is 15.5. The molecule has 0 spiro atoms. The van der Waals surface area contributed by atoms with Crippen LogP contribution in [0.1, 0.15) is 43.5 Å². The molecule has 2 N–H and O–H groups in total. The van der Waals surface area contributed by atoms with E-state index < -0.39 is 0 Å². The van der Waals surface area contributed by atoms with Crippen molar-refractivity contribution in [3.8, 4) is 0 Å². The van der Waals surface area contributed by atoms with Crippen LogP contribution >= 0.6 is 0 Å². The molecule has 25 heavy (non-hydrogen) atoms. The Morgan fingerprint density at radius 2 is 2.24 bits per heavy atom. The van der Waals surface area contributed by atoms with Gasteiger partial charge in [-0.2, -0.15) is 0 Å². The Morgan fingerprint density at radius 1 is 1.36 bits per heavy atom. The first-order valence-corrected chi connectivity index (χ1v) is 8.96. The summed E-state index contributed by atoms with van der Waals surface area (Å²) in [6, 6.07) is 3.76. The maximum absolute atomic E-state index is 12.5. The fourth-order valence-corrected chi connectivity index (χ4v) is 3.10. The zero-order valence-electron chi connectivity index (χ0n) is 14.9. The van der Waals surface area contributed by atoms with Gasteiger partial charge in [-0.15, -0.1) is 10.2 Å². The quantitative estimate of drug-likeness (QED) is 0.826. The number of rotatable bonds is 6. The largest absolute Gasteiger partial charge is 0.346 e. The maximum atomic E-state index is 12.5. The SMILES string of the molecule is CC(C)C(NC(=O)CCc1cccnc1)c1nnc2n1CCNCC2. The van der Waals surface area contributed by atoms with E-state index in [1.54, 1.807) is 12.4 Å². The number of aryl methyl sites for hydroxylation is 1. The van der Waals surface area contributed by atoms with Gasteiger partial charge in [-0.3, -0.25) is 9.78 Å². The van der Waals surface area contributed by atoms with Crippen molar-refractivity contribution >= 4 is 5.91 Å². The molecule has 1 atom stereocenters. The van der Waals surface area contributed by atoms with Gasteiger partial charge in [0.15, 0.2) is 5.82 Å². The van der Waals surface area contributed by atoms with Crippen molar-refractivity contribution < 1.29 is 4.79 Å². The Kier molecular flexibility index (Phi) is 5.75. The van der Waals surface area contributed by atoms with Crippen LogP contribution in [0.2, 0.25) is 0 Å². The van der Waals surface area contributed by atoms with Crippen molar-refractivity contribution in [2.75, 3.05) is 13.1 Å². The molecule has 1 aliphatic rings. The Hall–Kier alpha value is -2.28. The second kappa shape index (κ2) is 8.20. The number of fused-ring (bicyclic) bond motifs is 1. The average molecular weight is 342 g/mol. The molecule has 7 nitrogen and oxygen atoms in total. The minimum absolute atomic E-state index is 0.0339. The van der Waals surface area contributed by atoms with E-state index in [-0.39, 0.29) is 17.9 Å². The van der Waals surface area contributed by atoms with Crippen LogP contribution in [-0.4, -0.2) is 38.7 Å². The van der Waals surface area contributed by atoms with Crippen molar-refractivity contribution in [2.24, 2.45) is 5.92 Å². The highest BCUT2D eigenvalue weighted by Gasteiger charge is 2.26. The predicted molar refractivity (Wildman–Crippen MR) is 94.9 cm³/mol. The molecular weight excluding hydrogens is 316 g/mol. The second-order valence-corrected chi connectivity index (χ2v) is 6.78. The molecule has 1 aliphatic heterocycles. The second-order valence-electron chi connectivity index (χ2n) is 6.78. The summed E-state index contributed by atoms with van der Waals surface area (Å²) >= 11 is 0. The number of carbonyl (C=O) groups is 1. The molecule has 1 amide bonds. The molecule has 0 aliphatic carbocycles. The Bertz CT molecular complexity index is 697. The monoisotopic (exact) mass is 342 g/mol. The third kappa shape index (κ3) is 4.42. The topological polar surface area (TPSA) is 84.7 Å². The van der Waals surface area contributed by atoms with Crippen molar-refractivity contribution in [2.45, 2.75) is 45.7 Å². The van der Waals surface area contributed by atoms with Crippen LogP contribution < -0.4 is 10.6 Å². The van der Waals surface area contributed by atoms with Crippen molar-refractivity contribution in [1.29, 1.82) is 0 Å². The molecule has 0 bridgehead atoms. The summed E-state index contributed by atoms with van der Waals surface area (Å²) < 4.78 is 2.16. The average Bonchev–Trinajstić information content (AvgIpc) is 2.86. The molecule has 3 rings (SSSR count). The summed E-state index contributed by atoms with van der Waals surface area (Å²) in [5.41, 5.74) is 1.07. The Balaban J connectivity index is 1.67. The van der Waals surface area contributed by atoms with E-state index in [0.29, 0.717) is 12.8 Å². The van der Waals surface area contributed by atoms with Crippen molar-refractivity contribution in [1.82, 2.24) is 30.4 Å². The summed E-state index contributed by atoms with van der Waals surface area (Å²) in [5, 5.41) is 15.3. The number of nitrogens with one attached hydrogen (secondary N) is 2. The van der Waals surface area contributed by atoms with Crippen LogP contribution in [0.15, 0.2) is 24.5 Å². The van der Waals surface area contributed by atoms with E-state index in [4.69, 9.17) is 0 Å². The van der Waals surface area contributed by atoms with Crippen LogP contribution in [0.5, 0.6) is 0 Å². The molecule has 2 aromatic heterocycles. The van der Waals surface area contributed by atoms with Crippen LogP contribution in [0.4, 0.5) is 0 Å². The molecule has 0 aromatic carbocycles. The first-order valence-electron chi connectivity index (χ1n) is 8.96. The number of amides is 1. The third-order valence-corrected chi connectivity index (χ3v) is 4.52. The number of carbonyl (C=O) groups excluding carboxylic acids is 1. The van der Waals surface area contributed by atoms with Gasteiger partial charge in [0.05, 0.1) is 6.04 Å². The van der Waals surface area contributed by atoms with Gasteiger partial charge in [0.25, 0.3) is 0 Å². The maximum Gasteiger partial charge on any atom is 0.220 e. The predicted octanol–water partition coefficient (Wildman–Crippen LogP) is 1.26. The van der Waals surface area contributed by atoms with Crippen LogP contribution in [0.3, 0.4) is 0 Å². The minimum atomic E-state index is -0.124. The molecular formula is C18H26N6O. The Labute approximate surface area is 148 Å². The van der Waals surface area contributed by atoms with Crippen LogP contribution in [-0.2, 0) is 24.2 Å². The third-order valence-electron chi connectivity index (χ3n) is 4.52. The van der Waals surface area contributed by atoms with Gasteiger partial charge >= 0.3 is 0 Å². The van der Waals surface area contributed by atoms with E-state index in [0.717, 1.165) is 43.3 Å². The standard InChI is InChI=1S/C18H26N6O/c1-13(2)17(18-23-22-15-7-9-19-10-11-24(15)18)21-16(25)6-5-14-4-3-8-20-12-14/h3-4,8,12-13,17,19H,5-7,9-11H2,1-2H3,(H,21,25). The first kappa shape index (κ1) is 17.5. The van der Waals surface area contributed by atoms with Gasteiger partial charge in [-0.1, -0.05) is 19.9 Å². The summed E-state index contributed by atoms with van der Waals surface area (Å²) in [5.74, 6) is 2.14. The van der Waals surface area contributed by atoms with Crippen molar-refractivity contribution in [3.63, 3.8) is 0 Å². The van der Waals surface area contributed by atoms with Gasteiger partial charge < -0.3 is 15.2 Å². The van der Waals surface area contributed by atoms with E-state index >= 15 is 0 Å². The molecule has 0 saturated carbocycles. The summed E-state index contributed by atoms with van der Waals surface area (Å²) in [6.07, 6.45) is 5.54. The fourth-order valence-electron chi connectivity index (χ4n) is 3.10. The highest BCUT2D eigenvalue weighted by Crippen LogP contribution is 2.22. The molecule has 0 fully saturated rings. The van der Waals surface area contributed by atoms with E-state index in [9.17, 15) is 4.79 Å². The lowest BCUT2D eigenvalue weighted by Gasteiger charge is -2.22. The number of nitrogens with zero attached hydrogens (tertiary/aromatic N) is 4. The van der Waals surface area contributed by atoms with Crippen LogP contribution in [0.25, 0.3) is 0 Å². The highest BCUT2D eigenvalue weighted by molar-refractivity contribution is 5.76. The molecule has 3 heterocycles. The van der Waals surface area contributed by atoms with Gasteiger partial charge in [0.1, 0.15) is 5.82 Å². The zero-order valence-corrected chi connectivity index (χ0v) is 14.9. The molecule has 1 unspecified atom stereocenters. The van der Waals surface area contributed by atoms with Crippen LogP contribution in [0, 0.1) is 5.92 Å². The molecule has 7 heteroatoms. The van der Waals surface area contributed by atoms with Gasteiger partial charge in [0, 0.05) is 44.9 Å². The summed E-state index contributed by atoms with van der Waals surface area (Å²) in [7, 11) is 0. The Morgan fingerprint density at radius 3 is 3.00 bits per heavy atom. The van der Waals surface area contributed by atoms with E-state index in [2.05, 4.69) is 44.2 Å². The molecule has 2 aromatic rings. The summed E-state index contributed by atoms with van der Waals surface area (Å²) in [6.45, 7) is 6.86. The van der Waals surface area contributed by atoms with E-state index in [1.165, 1.54) is 0 Å². The minimum Gasteiger partial charge on any atom is -0.346 e. The lowest BCUT2D eigenvalue weighted by molar-refractivity contribution is -0.122. The fraction of sp³-hybridized carbons (Fsp3) is 0.556. The molecule has 0 saturated heterocycles. The highest BCUT2D eigenvalue weighted by atomic mass is 16.1. The number of pyridine rings is 1. The number of hydrogen-bond donors (Lipinski definition) is 2. The zero-order chi connectivity index (χ0) is 17.6.